The van der Waals surface area contributed by atoms with Gasteiger partial charge >= 0.3 is 0 Å². The smallest absolute Gasteiger partial charge is 0.114 e. The van der Waals surface area contributed by atoms with E-state index in [-0.39, 0.29) is 22.9 Å². The minimum absolute atomic E-state index is 0.183. The Morgan fingerprint density at radius 1 is 0.512 bits per heavy atom. The zero-order valence-corrected chi connectivity index (χ0v) is 24.9. The predicted molar refractivity (Wildman–Crippen MR) is 170 cm³/mol. The Balaban J connectivity index is 1.39. The summed E-state index contributed by atoms with van der Waals surface area (Å²) in [6.07, 6.45) is -0.843. The van der Waals surface area contributed by atoms with Crippen LogP contribution in [-0.2, 0) is 45.4 Å². The fraction of sp³-hybridized carbons (Fsp3) is 0.314. The SMILES string of the molecule is c1ccc(COC[C@@H](OCc2ccccc2)[C@@H](OCc2ccccc2)[C@@H](OCc2ccccc2)C2SCCS2)cc1. The number of rotatable bonds is 16. The first-order chi connectivity index (χ1) is 20.3. The van der Waals surface area contributed by atoms with E-state index < -0.39 is 0 Å². The molecule has 0 saturated carbocycles. The van der Waals surface area contributed by atoms with E-state index in [2.05, 4.69) is 60.7 Å². The van der Waals surface area contributed by atoms with Gasteiger partial charge in [-0.1, -0.05) is 121 Å². The molecule has 0 N–H and O–H groups in total. The molecule has 4 aromatic rings. The summed E-state index contributed by atoms with van der Waals surface area (Å²) in [6.45, 7) is 2.38. The van der Waals surface area contributed by atoms with E-state index in [1.165, 1.54) is 0 Å². The second-order valence-corrected chi connectivity index (χ2v) is 12.8. The third-order valence-electron chi connectivity index (χ3n) is 6.88. The van der Waals surface area contributed by atoms with Gasteiger partial charge in [0.25, 0.3) is 0 Å². The molecular weight excluding hydrogens is 549 g/mol. The molecule has 1 saturated heterocycles. The maximum absolute atomic E-state index is 6.79. The summed E-state index contributed by atoms with van der Waals surface area (Å²) in [5.74, 6) is 2.21. The van der Waals surface area contributed by atoms with Crippen molar-refractivity contribution < 1.29 is 18.9 Å². The van der Waals surface area contributed by atoms with Gasteiger partial charge in [-0.3, -0.25) is 0 Å². The predicted octanol–water partition coefficient (Wildman–Crippen LogP) is 7.77. The van der Waals surface area contributed by atoms with Crippen molar-refractivity contribution in [1.82, 2.24) is 0 Å². The highest BCUT2D eigenvalue weighted by atomic mass is 32.2. The van der Waals surface area contributed by atoms with Gasteiger partial charge in [0.1, 0.15) is 18.3 Å². The average Bonchev–Trinajstić information content (AvgIpc) is 3.58. The van der Waals surface area contributed by atoms with Gasteiger partial charge in [0.05, 0.1) is 37.6 Å². The largest absolute Gasteiger partial charge is 0.374 e. The molecule has 0 amide bonds. The van der Waals surface area contributed by atoms with Crippen LogP contribution in [0.25, 0.3) is 0 Å². The van der Waals surface area contributed by atoms with Crippen LogP contribution >= 0.6 is 23.5 Å². The quantitative estimate of drug-likeness (QED) is 0.134. The molecule has 1 heterocycles. The summed E-state index contributed by atoms with van der Waals surface area (Å²) in [6, 6.07) is 41.2. The monoisotopic (exact) mass is 586 g/mol. The van der Waals surface area contributed by atoms with E-state index in [1.54, 1.807) is 0 Å². The van der Waals surface area contributed by atoms with Gasteiger partial charge in [-0.15, -0.1) is 23.5 Å². The molecule has 0 radical (unpaired) electrons. The minimum atomic E-state index is -0.332. The van der Waals surface area contributed by atoms with Crippen molar-refractivity contribution in [2.75, 3.05) is 18.1 Å². The number of hydrogen-bond acceptors (Lipinski definition) is 6. The minimum Gasteiger partial charge on any atom is -0.374 e. The second-order valence-electron chi connectivity index (χ2n) is 9.97. The molecule has 0 aromatic heterocycles. The zero-order chi connectivity index (χ0) is 28.0. The molecule has 4 nitrogen and oxygen atoms in total. The average molecular weight is 587 g/mol. The van der Waals surface area contributed by atoms with Crippen molar-refractivity contribution in [3.63, 3.8) is 0 Å². The van der Waals surface area contributed by atoms with Crippen LogP contribution in [-0.4, -0.2) is 41.0 Å². The van der Waals surface area contributed by atoms with Crippen molar-refractivity contribution in [1.29, 1.82) is 0 Å². The van der Waals surface area contributed by atoms with Crippen molar-refractivity contribution in [3.8, 4) is 0 Å². The Bertz CT molecular complexity index is 1240. The second kappa shape index (κ2) is 16.8. The molecule has 0 unspecified atom stereocenters. The van der Waals surface area contributed by atoms with Crippen LogP contribution in [0.2, 0.25) is 0 Å². The van der Waals surface area contributed by atoms with E-state index in [0.717, 1.165) is 33.8 Å². The van der Waals surface area contributed by atoms with Crippen LogP contribution in [0, 0.1) is 0 Å². The molecule has 4 aromatic carbocycles. The summed E-state index contributed by atoms with van der Waals surface area (Å²) < 4.78 is 26.8. The highest BCUT2D eigenvalue weighted by Crippen LogP contribution is 2.39. The molecule has 1 aliphatic rings. The number of ether oxygens (including phenoxy) is 4. The lowest BCUT2D eigenvalue weighted by molar-refractivity contribution is -0.164. The first-order valence-electron chi connectivity index (χ1n) is 14.2. The lowest BCUT2D eigenvalue weighted by Crippen LogP contribution is -2.48. The fourth-order valence-corrected chi connectivity index (χ4v) is 7.77. The highest BCUT2D eigenvalue weighted by Gasteiger charge is 2.40. The lowest BCUT2D eigenvalue weighted by Gasteiger charge is -2.36. The van der Waals surface area contributed by atoms with Gasteiger partial charge in [0, 0.05) is 11.5 Å². The number of thioether (sulfide) groups is 2. The summed E-state index contributed by atoms with van der Waals surface area (Å²) >= 11 is 3.90. The number of hydrogen-bond donors (Lipinski definition) is 0. The third-order valence-corrected chi connectivity index (χ3v) is 10.0. The molecule has 0 bridgehead atoms. The van der Waals surface area contributed by atoms with Crippen LogP contribution in [0.5, 0.6) is 0 Å². The van der Waals surface area contributed by atoms with Crippen LogP contribution < -0.4 is 0 Å². The lowest BCUT2D eigenvalue weighted by atomic mass is 10.1. The first kappa shape index (κ1) is 29.9. The van der Waals surface area contributed by atoms with Crippen molar-refractivity contribution >= 4 is 23.5 Å². The van der Waals surface area contributed by atoms with E-state index in [9.17, 15) is 0 Å². The Labute approximate surface area is 252 Å². The molecule has 1 fully saturated rings. The van der Waals surface area contributed by atoms with Crippen molar-refractivity contribution in [2.24, 2.45) is 0 Å². The first-order valence-corrected chi connectivity index (χ1v) is 16.3. The zero-order valence-electron chi connectivity index (χ0n) is 23.3. The van der Waals surface area contributed by atoms with Gasteiger partial charge in [-0.25, -0.2) is 0 Å². The summed E-state index contributed by atoms with van der Waals surface area (Å²) in [5.41, 5.74) is 4.52. The van der Waals surface area contributed by atoms with E-state index in [1.807, 2.05) is 84.2 Å². The molecular formula is C35H38O4S2. The van der Waals surface area contributed by atoms with Gasteiger partial charge in [-0.05, 0) is 22.3 Å². The maximum atomic E-state index is 6.79. The highest BCUT2D eigenvalue weighted by molar-refractivity contribution is 8.20. The Morgan fingerprint density at radius 2 is 0.927 bits per heavy atom. The Hall–Kier alpha value is -2.58. The van der Waals surface area contributed by atoms with Gasteiger partial charge in [-0.2, -0.15) is 0 Å². The van der Waals surface area contributed by atoms with Crippen molar-refractivity contribution in [2.45, 2.75) is 49.3 Å². The molecule has 41 heavy (non-hydrogen) atoms. The molecule has 6 heteroatoms. The van der Waals surface area contributed by atoms with Gasteiger partial charge < -0.3 is 18.9 Å². The standard InChI is InChI=1S/C35H38O4S2/c1-5-13-28(14-6-1)23-36-27-32(37-24-29-15-7-2-8-16-29)33(38-25-30-17-9-3-10-18-30)34(35-40-21-22-41-35)39-26-31-19-11-4-12-20-31/h1-20,32-35H,21-27H2/t32-,33-,34-/m1/s1. The molecule has 214 valence electrons. The van der Waals surface area contributed by atoms with Crippen LogP contribution in [0.1, 0.15) is 22.3 Å². The molecule has 5 rings (SSSR count). The molecule has 1 aliphatic heterocycles. The molecule has 0 aliphatic carbocycles. The Kier molecular flexibility index (Phi) is 12.2. The normalized spacial score (nSPS) is 15.9. The summed E-state index contributed by atoms with van der Waals surface area (Å²) in [5, 5.41) is 0. The molecule has 0 spiro atoms. The summed E-state index contributed by atoms with van der Waals surface area (Å²) in [7, 11) is 0. The maximum Gasteiger partial charge on any atom is 0.114 e. The third kappa shape index (κ3) is 9.74. The molecule has 3 atom stereocenters. The van der Waals surface area contributed by atoms with E-state index >= 15 is 0 Å². The van der Waals surface area contributed by atoms with Crippen LogP contribution in [0.4, 0.5) is 0 Å². The fourth-order valence-electron chi connectivity index (χ4n) is 4.72. The van der Waals surface area contributed by atoms with Crippen LogP contribution in [0.15, 0.2) is 121 Å². The van der Waals surface area contributed by atoms with Gasteiger partial charge in [0.2, 0.25) is 0 Å². The summed E-state index contributed by atoms with van der Waals surface area (Å²) in [4.78, 5) is 0. The van der Waals surface area contributed by atoms with E-state index in [4.69, 9.17) is 18.9 Å². The van der Waals surface area contributed by atoms with Crippen LogP contribution in [0.3, 0.4) is 0 Å². The topological polar surface area (TPSA) is 36.9 Å². The number of benzene rings is 4. The van der Waals surface area contributed by atoms with E-state index in [0.29, 0.717) is 33.0 Å². The Morgan fingerprint density at radius 3 is 1.41 bits per heavy atom. The van der Waals surface area contributed by atoms with Gasteiger partial charge in [0.15, 0.2) is 0 Å². The van der Waals surface area contributed by atoms with Crippen molar-refractivity contribution in [3.05, 3.63) is 144 Å².